The quantitative estimate of drug-likeness (QED) is 0.567. The maximum absolute atomic E-state index is 11.6. The molecule has 7 nitrogen and oxygen atoms in total. The van der Waals surface area contributed by atoms with Gasteiger partial charge in [0.2, 0.25) is 11.8 Å². The molecule has 0 aromatic heterocycles. The summed E-state index contributed by atoms with van der Waals surface area (Å²) in [7, 11) is 0. The molecule has 2 rings (SSSR count). The number of nitrogens with one attached hydrogen (secondary N) is 2. The minimum atomic E-state index is -0.320. The van der Waals surface area contributed by atoms with Crippen molar-refractivity contribution in [3.8, 4) is 0 Å². The Bertz CT molecular complexity index is 515. The van der Waals surface area contributed by atoms with Crippen LogP contribution in [0, 0.1) is 0 Å². The standard InChI is InChI=1S/C17H27N5O2/c18-12-16(23)20-13-17(24)19-6-7-21-8-10-22(11-9-21)14-15-4-2-1-3-5-15/h1-5H,6-14,18H2,(H,19,24)(H,20,23). The largest absolute Gasteiger partial charge is 0.353 e. The van der Waals surface area contributed by atoms with Crippen LogP contribution in [-0.2, 0) is 16.1 Å². The predicted octanol–water partition coefficient (Wildman–Crippen LogP) is -1.00. The highest BCUT2D eigenvalue weighted by Gasteiger charge is 2.16. The van der Waals surface area contributed by atoms with Crippen molar-refractivity contribution in [2.45, 2.75) is 6.54 Å². The topological polar surface area (TPSA) is 90.7 Å². The van der Waals surface area contributed by atoms with Crippen molar-refractivity contribution in [3.63, 3.8) is 0 Å². The normalized spacial score (nSPS) is 15.9. The van der Waals surface area contributed by atoms with Crippen molar-refractivity contribution in [2.24, 2.45) is 5.73 Å². The molecule has 0 saturated carbocycles. The van der Waals surface area contributed by atoms with E-state index >= 15 is 0 Å². The Morgan fingerprint density at radius 3 is 2.29 bits per heavy atom. The molecule has 1 heterocycles. The summed E-state index contributed by atoms with van der Waals surface area (Å²) in [5.74, 6) is -0.501. The maximum atomic E-state index is 11.6. The first-order chi connectivity index (χ1) is 11.7. The van der Waals surface area contributed by atoms with E-state index in [1.165, 1.54) is 5.56 Å². The number of nitrogens with two attached hydrogens (primary N) is 1. The zero-order valence-electron chi connectivity index (χ0n) is 14.0. The van der Waals surface area contributed by atoms with Crippen LogP contribution in [0.25, 0.3) is 0 Å². The van der Waals surface area contributed by atoms with E-state index in [9.17, 15) is 9.59 Å². The Labute approximate surface area is 143 Å². The number of amides is 2. The minimum absolute atomic E-state index is 0.0130. The maximum Gasteiger partial charge on any atom is 0.239 e. The Kier molecular flexibility index (Phi) is 7.67. The van der Waals surface area contributed by atoms with Gasteiger partial charge in [-0.25, -0.2) is 0 Å². The van der Waals surface area contributed by atoms with Gasteiger partial charge in [0.25, 0.3) is 0 Å². The van der Waals surface area contributed by atoms with E-state index in [-0.39, 0.29) is 24.9 Å². The first kappa shape index (κ1) is 18.4. The summed E-state index contributed by atoms with van der Waals surface area (Å²) in [5, 5.41) is 5.26. The number of rotatable bonds is 8. The average molecular weight is 333 g/mol. The lowest BCUT2D eigenvalue weighted by Gasteiger charge is -2.34. The second-order valence-electron chi connectivity index (χ2n) is 5.93. The Hall–Kier alpha value is -1.96. The van der Waals surface area contributed by atoms with Crippen LogP contribution >= 0.6 is 0 Å². The number of carbonyl (C=O) groups excluding carboxylic acids is 2. The molecule has 7 heteroatoms. The zero-order valence-corrected chi connectivity index (χ0v) is 14.0. The first-order valence-electron chi connectivity index (χ1n) is 8.39. The highest BCUT2D eigenvalue weighted by atomic mass is 16.2. The molecule has 4 N–H and O–H groups in total. The minimum Gasteiger partial charge on any atom is -0.353 e. The third-order valence-electron chi connectivity index (χ3n) is 4.10. The van der Waals surface area contributed by atoms with Crippen LogP contribution < -0.4 is 16.4 Å². The smallest absolute Gasteiger partial charge is 0.239 e. The van der Waals surface area contributed by atoms with E-state index in [2.05, 4.69) is 44.7 Å². The number of carbonyl (C=O) groups is 2. The van der Waals surface area contributed by atoms with Gasteiger partial charge >= 0.3 is 0 Å². The summed E-state index contributed by atoms with van der Waals surface area (Å²) in [6, 6.07) is 10.5. The predicted molar refractivity (Wildman–Crippen MR) is 93.2 cm³/mol. The van der Waals surface area contributed by atoms with Crippen molar-refractivity contribution in [2.75, 3.05) is 52.4 Å². The van der Waals surface area contributed by atoms with Gasteiger partial charge in [-0.15, -0.1) is 0 Å². The fourth-order valence-electron chi connectivity index (χ4n) is 2.68. The van der Waals surface area contributed by atoms with Gasteiger partial charge in [0.1, 0.15) is 0 Å². The number of hydrogen-bond donors (Lipinski definition) is 3. The van der Waals surface area contributed by atoms with Gasteiger partial charge < -0.3 is 16.4 Å². The third-order valence-corrected chi connectivity index (χ3v) is 4.10. The van der Waals surface area contributed by atoms with Crippen LogP contribution in [0.5, 0.6) is 0 Å². The van der Waals surface area contributed by atoms with Crippen molar-refractivity contribution in [1.82, 2.24) is 20.4 Å². The zero-order chi connectivity index (χ0) is 17.2. The number of piperazine rings is 1. The van der Waals surface area contributed by atoms with Crippen LogP contribution in [0.4, 0.5) is 0 Å². The van der Waals surface area contributed by atoms with Crippen LogP contribution in [-0.4, -0.2) is 74.0 Å². The van der Waals surface area contributed by atoms with Gasteiger partial charge in [0, 0.05) is 45.8 Å². The molecule has 24 heavy (non-hydrogen) atoms. The van der Waals surface area contributed by atoms with Crippen molar-refractivity contribution >= 4 is 11.8 Å². The molecular weight excluding hydrogens is 306 g/mol. The molecule has 0 spiro atoms. The van der Waals surface area contributed by atoms with Crippen LogP contribution in [0.15, 0.2) is 30.3 Å². The Balaban J connectivity index is 1.56. The summed E-state index contributed by atoms with van der Waals surface area (Å²) in [4.78, 5) is 27.3. The SMILES string of the molecule is NCC(=O)NCC(=O)NCCN1CCN(Cc2ccccc2)CC1. The molecule has 1 aliphatic heterocycles. The lowest BCUT2D eigenvalue weighted by molar-refractivity contribution is -0.125. The highest BCUT2D eigenvalue weighted by Crippen LogP contribution is 2.07. The second-order valence-corrected chi connectivity index (χ2v) is 5.93. The summed E-state index contributed by atoms with van der Waals surface area (Å²) >= 11 is 0. The van der Waals surface area contributed by atoms with Gasteiger partial charge in [-0.1, -0.05) is 30.3 Å². The Morgan fingerprint density at radius 1 is 0.958 bits per heavy atom. The molecular formula is C17H27N5O2. The van der Waals surface area contributed by atoms with E-state index < -0.39 is 0 Å². The van der Waals surface area contributed by atoms with Crippen molar-refractivity contribution in [3.05, 3.63) is 35.9 Å². The molecule has 1 saturated heterocycles. The van der Waals surface area contributed by atoms with Gasteiger partial charge in [-0.2, -0.15) is 0 Å². The molecule has 0 bridgehead atoms. The number of benzene rings is 1. The molecule has 1 aliphatic rings. The molecule has 0 unspecified atom stereocenters. The van der Waals surface area contributed by atoms with Gasteiger partial charge in [-0.05, 0) is 5.56 Å². The molecule has 0 atom stereocenters. The third kappa shape index (κ3) is 6.66. The van der Waals surface area contributed by atoms with E-state index in [1.54, 1.807) is 0 Å². The van der Waals surface area contributed by atoms with E-state index in [4.69, 9.17) is 5.73 Å². The number of hydrogen-bond acceptors (Lipinski definition) is 5. The van der Waals surface area contributed by atoms with Crippen LogP contribution in [0.3, 0.4) is 0 Å². The summed E-state index contributed by atoms with van der Waals surface area (Å²) in [6.07, 6.45) is 0. The summed E-state index contributed by atoms with van der Waals surface area (Å²) in [6.45, 7) is 6.39. The van der Waals surface area contributed by atoms with E-state index in [0.717, 1.165) is 39.3 Å². The van der Waals surface area contributed by atoms with Crippen LogP contribution in [0.1, 0.15) is 5.56 Å². The molecule has 0 aliphatic carbocycles. The van der Waals surface area contributed by atoms with E-state index in [1.807, 2.05) is 6.07 Å². The van der Waals surface area contributed by atoms with Gasteiger partial charge in [-0.3, -0.25) is 19.4 Å². The Morgan fingerprint density at radius 2 is 1.62 bits per heavy atom. The summed E-state index contributed by atoms with van der Waals surface area (Å²) < 4.78 is 0. The van der Waals surface area contributed by atoms with Gasteiger partial charge in [0.15, 0.2) is 0 Å². The first-order valence-corrected chi connectivity index (χ1v) is 8.39. The number of nitrogens with zero attached hydrogens (tertiary/aromatic N) is 2. The highest BCUT2D eigenvalue weighted by molar-refractivity contribution is 5.85. The van der Waals surface area contributed by atoms with Crippen molar-refractivity contribution in [1.29, 1.82) is 0 Å². The molecule has 132 valence electrons. The summed E-state index contributed by atoms with van der Waals surface area (Å²) in [5.41, 5.74) is 6.51. The van der Waals surface area contributed by atoms with Gasteiger partial charge in [0.05, 0.1) is 13.1 Å². The lowest BCUT2D eigenvalue weighted by Crippen LogP contribution is -2.48. The monoisotopic (exact) mass is 333 g/mol. The lowest BCUT2D eigenvalue weighted by atomic mass is 10.2. The molecule has 1 aromatic carbocycles. The molecule has 1 fully saturated rings. The fraction of sp³-hybridized carbons (Fsp3) is 0.529. The molecule has 2 amide bonds. The van der Waals surface area contributed by atoms with Crippen molar-refractivity contribution < 1.29 is 9.59 Å². The van der Waals surface area contributed by atoms with Crippen LogP contribution in [0.2, 0.25) is 0 Å². The average Bonchev–Trinajstić information content (AvgIpc) is 2.62. The molecule has 0 radical (unpaired) electrons. The molecule has 1 aromatic rings. The van der Waals surface area contributed by atoms with E-state index in [0.29, 0.717) is 6.54 Å². The second kappa shape index (κ2) is 10.0. The fourth-order valence-corrected chi connectivity index (χ4v) is 2.68.